The predicted octanol–water partition coefficient (Wildman–Crippen LogP) is 4.51. The minimum absolute atomic E-state index is 0.0648. The second-order valence-corrected chi connectivity index (χ2v) is 9.59. The molecule has 2 heterocycles. The lowest BCUT2D eigenvalue weighted by atomic mass is 9.85. The van der Waals surface area contributed by atoms with Crippen LogP contribution in [0.15, 0.2) is 30.5 Å². The molecule has 2 N–H and O–H groups in total. The fourth-order valence-electron chi connectivity index (χ4n) is 3.92. The second-order valence-electron chi connectivity index (χ2n) is 9.59. The summed E-state index contributed by atoms with van der Waals surface area (Å²) in [5.74, 6) is -0.262. The Morgan fingerprint density at radius 2 is 1.79 bits per heavy atom. The number of nitrogens with two attached hydrogens (primary N) is 1. The van der Waals surface area contributed by atoms with E-state index in [4.69, 9.17) is 20.2 Å². The van der Waals surface area contributed by atoms with Crippen LogP contribution >= 0.6 is 0 Å². The highest BCUT2D eigenvalue weighted by Gasteiger charge is 2.24. The zero-order valence-corrected chi connectivity index (χ0v) is 20.7. The molecular weight excluding hydrogens is 416 g/mol. The predicted molar refractivity (Wildman–Crippen MR) is 129 cm³/mol. The minimum Gasteiger partial charge on any atom is -0.471 e. The van der Waals surface area contributed by atoms with Crippen molar-refractivity contribution in [3.63, 3.8) is 0 Å². The summed E-state index contributed by atoms with van der Waals surface area (Å²) in [6.07, 6.45) is 2.40. The van der Waals surface area contributed by atoms with Gasteiger partial charge < -0.3 is 15.2 Å². The van der Waals surface area contributed by atoms with Gasteiger partial charge in [0.1, 0.15) is 12.2 Å². The van der Waals surface area contributed by atoms with Crippen molar-refractivity contribution < 1.29 is 14.3 Å². The normalized spacial score (nSPS) is 11.5. The standard InChI is InChI=1S/C26H34N4O3/c1-16-8-10-18(11-9-16)23-19(13-27)22(12-26(3,4)5)28-17(2)21(23)15-33-24-20(25(31)32-7)14-30(6)29-24/h8-11,14H,12-13,15,27H2,1-7H3. The maximum Gasteiger partial charge on any atom is 0.345 e. The van der Waals surface area contributed by atoms with Crippen molar-refractivity contribution in [3.05, 3.63) is 64.1 Å². The van der Waals surface area contributed by atoms with E-state index in [1.807, 2.05) is 6.92 Å². The van der Waals surface area contributed by atoms with Crippen molar-refractivity contribution in [2.24, 2.45) is 18.2 Å². The first-order valence-electron chi connectivity index (χ1n) is 11.1. The van der Waals surface area contributed by atoms with Crippen molar-refractivity contribution in [2.75, 3.05) is 7.11 Å². The molecule has 1 aromatic carbocycles. The molecule has 0 saturated heterocycles. The minimum atomic E-state index is -0.491. The van der Waals surface area contributed by atoms with Crippen LogP contribution in [0.5, 0.6) is 5.88 Å². The quantitative estimate of drug-likeness (QED) is 0.533. The molecule has 0 saturated carbocycles. The Morgan fingerprint density at radius 1 is 1.12 bits per heavy atom. The monoisotopic (exact) mass is 450 g/mol. The van der Waals surface area contributed by atoms with Gasteiger partial charge in [-0.05, 0) is 42.4 Å². The largest absolute Gasteiger partial charge is 0.471 e. The molecule has 0 aliphatic heterocycles. The van der Waals surface area contributed by atoms with E-state index in [0.29, 0.717) is 6.54 Å². The molecule has 33 heavy (non-hydrogen) atoms. The maximum atomic E-state index is 12.1. The van der Waals surface area contributed by atoms with Gasteiger partial charge in [-0.25, -0.2) is 4.79 Å². The van der Waals surface area contributed by atoms with E-state index in [1.54, 1.807) is 13.2 Å². The highest BCUT2D eigenvalue weighted by molar-refractivity contribution is 5.91. The Morgan fingerprint density at radius 3 is 2.36 bits per heavy atom. The van der Waals surface area contributed by atoms with Gasteiger partial charge in [0.25, 0.3) is 0 Å². The summed E-state index contributed by atoms with van der Waals surface area (Å²) >= 11 is 0. The number of benzene rings is 1. The Labute approximate surface area is 195 Å². The number of hydrogen-bond acceptors (Lipinski definition) is 6. The molecule has 7 nitrogen and oxygen atoms in total. The van der Waals surface area contributed by atoms with Crippen molar-refractivity contribution in [2.45, 2.75) is 54.2 Å². The molecule has 0 amide bonds. The van der Waals surface area contributed by atoms with Crippen LogP contribution in [0.25, 0.3) is 11.1 Å². The van der Waals surface area contributed by atoms with Crippen molar-refractivity contribution in [1.29, 1.82) is 0 Å². The van der Waals surface area contributed by atoms with Crippen LogP contribution in [-0.2, 0) is 31.4 Å². The highest BCUT2D eigenvalue weighted by Crippen LogP contribution is 2.35. The van der Waals surface area contributed by atoms with Crippen molar-refractivity contribution >= 4 is 5.97 Å². The molecule has 2 aromatic heterocycles. The van der Waals surface area contributed by atoms with E-state index in [1.165, 1.54) is 17.4 Å². The second kappa shape index (κ2) is 9.75. The summed E-state index contributed by atoms with van der Waals surface area (Å²) in [7, 11) is 3.07. The maximum absolute atomic E-state index is 12.1. The Bertz CT molecular complexity index is 1140. The average molecular weight is 451 g/mol. The topological polar surface area (TPSA) is 92.3 Å². The summed E-state index contributed by atoms with van der Waals surface area (Å²) in [5.41, 5.74) is 13.8. The van der Waals surface area contributed by atoms with E-state index in [-0.39, 0.29) is 23.5 Å². The van der Waals surface area contributed by atoms with E-state index >= 15 is 0 Å². The highest BCUT2D eigenvalue weighted by atomic mass is 16.5. The van der Waals surface area contributed by atoms with Crippen LogP contribution in [0.2, 0.25) is 0 Å². The molecular formula is C26H34N4O3. The van der Waals surface area contributed by atoms with Gasteiger partial charge in [-0.2, -0.15) is 0 Å². The fourth-order valence-corrected chi connectivity index (χ4v) is 3.92. The molecule has 0 aliphatic carbocycles. The first-order valence-corrected chi connectivity index (χ1v) is 11.1. The van der Waals surface area contributed by atoms with Gasteiger partial charge in [0.2, 0.25) is 5.88 Å². The van der Waals surface area contributed by atoms with E-state index < -0.39 is 5.97 Å². The summed E-state index contributed by atoms with van der Waals surface area (Å²) in [5, 5.41) is 4.30. The van der Waals surface area contributed by atoms with Gasteiger partial charge >= 0.3 is 5.97 Å². The third kappa shape index (κ3) is 5.60. The number of pyridine rings is 1. The number of esters is 1. The number of methoxy groups -OCH3 is 1. The fraction of sp³-hybridized carbons (Fsp3) is 0.423. The third-order valence-corrected chi connectivity index (χ3v) is 5.49. The lowest BCUT2D eigenvalue weighted by Crippen LogP contribution is -2.18. The molecule has 176 valence electrons. The smallest absolute Gasteiger partial charge is 0.345 e. The number of aromatic nitrogens is 3. The molecule has 7 heteroatoms. The molecule has 0 unspecified atom stereocenters. The first kappa shape index (κ1) is 24.5. The van der Waals surface area contributed by atoms with Crippen molar-refractivity contribution in [1.82, 2.24) is 14.8 Å². The first-order chi connectivity index (χ1) is 15.5. The number of carbonyl (C=O) groups is 1. The van der Waals surface area contributed by atoms with Crippen LogP contribution in [0, 0.1) is 19.3 Å². The Balaban J connectivity index is 2.13. The summed E-state index contributed by atoms with van der Waals surface area (Å²) in [6, 6.07) is 8.39. The zero-order chi connectivity index (χ0) is 24.3. The molecule has 3 aromatic rings. The molecule has 0 fully saturated rings. The van der Waals surface area contributed by atoms with Crippen LogP contribution in [-0.4, -0.2) is 27.8 Å². The SMILES string of the molecule is COC(=O)c1cn(C)nc1OCc1c(C)nc(CC(C)(C)C)c(CN)c1-c1ccc(C)cc1. The number of hydrogen-bond donors (Lipinski definition) is 1. The Hall–Kier alpha value is -3.19. The number of aryl methyl sites for hydroxylation is 3. The van der Waals surface area contributed by atoms with Crippen LogP contribution in [0.4, 0.5) is 0 Å². The molecule has 0 radical (unpaired) electrons. The number of nitrogens with zero attached hydrogens (tertiary/aromatic N) is 3. The van der Waals surface area contributed by atoms with Gasteiger partial charge in [0, 0.05) is 36.7 Å². The third-order valence-electron chi connectivity index (χ3n) is 5.49. The summed E-state index contributed by atoms with van der Waals surface area (Å²) in [6.45, 7) is 11.2. The molecule has 0 spiro atoms. The van der Waals surface area contributed by atoms with E-state index in [2.05, 4.69) is 57.1 Å². The summed E-state index contributed by atoms with van der Waals surface area (Å²) in [4.78, 5) is 17.1. The average Bonchev–Trinajstić information content (AvgIpc) is 3.12. The van der Waals surface area contributed by atoms with E-state index in [0.717, 1.165) is 40.1 Å². The van der Waals surface area contributed by atoms with Gasteiger partial charge in [0.05, 0.1) is 7.11 Å². The van der Waals surface area contributed by atoms with E-state index in [9.17, 15) is 4.79 Å². The zero-order valence-electron chi connectivity index (χ0n) is 20.7. The Kier molecular flexibility index (Phi) is 7.22. The van der Waals surface area contributed by atoms with Gasteiger partial charge in [0.15, 0.2) is 0 Å². The molecule has 0 atom stereocenters. The lowest BCUT2D eigenvalue weighted by Gasteiger charge is -2.24. The van der Waals surface area contributed by atoms with Gasteiger partial charge in [-0.3, -0.25) is 9.67 Å². The van der Waals surface area contributed by atoms with Gasteiger partial charge in [-0.15, -0.1) is 5.10 Å². The van der Waals surface area contributed by atoms with Crippen LogP contribution in [0.3, 0.4) is 0 Å². The van der Waals surface area contributed by atoms with Crippen LogP contribution in [0.1, 0.15) is 59.2 Å². The molecule has 3 rings (SSSR count). The number of rotatable bonds is 7. The summed E-state index contributed by atoms with van der Waals surface area (Å²) < 4.78 is 12.5. The number of ether oxygens (including phenoxy) is 2. The molecule has 0 bridgehead atoms. The van der Waals surface area contributed by atoms with Crippen molar-refractivity contribution in [3.8, 4) is 17.0 Å². The number of carbonyl (C=O) groups excluding carboxylic acids is 1. The molecule has 0 aliphatic rings. The van der Waals surface area contributed by atoms with Crippen LogP contribution < -0.4 is 10.5 Å². The lowest BCUT2D eigenvalue weighted by molar-refractivity contribution is 0.0595. The van der Waals surface area contributed by atoms with Gasteiger partial charge in [-0.1, -0.05) is 50.6 Å².